The zero-order valence-corrected chi connectivity index (χ0v) is 13.1. The smallest absolute Gasteiger partial charge is 0.341 e. The minimum absolute atomic E-state index is 0.0139. The number of nitrogens with two attached hydrogens (primary N) is 1. The number of carbonyl (C=O) groups excluding carboxylic acids is 2. The topological polar surface area (TPSA) is 93.8 Å². The second-order valence-electron chi connectivity index (χ2n) is 6.17. The molecule has 3 N–H and O–H groups in total. The van der Waals surface area contributed by atoms with Crippen molar-refractivity contribution in [3.8, 4) is 0 Å². The fourth-order valence-electron chi connectivity index (χ4n) is 3.25. The number of rotatable bonds is 3. The Bertz CT molecular complexity index is 633. The molecule has 6 nitrogen and oxygen atoms in total. The lowest BCUT2D eigenvalue weighted by Crippen LogP contribution is -2.44. The summed E-state index contributed by atoms with van der Waals surface area (Å²) in [6, 6.07) is 6.22. The molecule has 0 saturated heterocycles. The Labute approximate surface area is 135 Å². The first-order valence-corrected chi connectivity index (χ1v) is 7.96. The Balaban J connectivity index is 1.85. The number of anilines is 1. The molecule has 0 spiro atoms. The Kier molecular flexibility index (Phi) is 4.32. The third-order valence-corrected chi connectivity index (χ3v) is 4.47. The Morgan fingerprint density at radius 1 is 1.26 bits per heavy atom. The minimum Gasteiger partial charge on any atom is -0.462 e. The molecule has 2 atom stereocenters. The van der Waals surface area contributed by atoms with E-state index in [0.717, 1.165) is 31.2 Å². The molecule has 1 aromatic carbocycles. The first-order chi connectivity index (χ1) is 11.0. The average molecular weight is 315 g/mol. The molecule has 3 rings (SSSR count). The largest absolute Gasteiger partial charge is 0.462 e. The van der Waals surface area contributed by atoms with Crippen molar-refractivity contribution in [1.82, 2.24) is 5.32 Å². The number of nitrogens with one attached hydrogen (secondary N) is 1. The summed E-state index contributed by atoms with van der Waals surface area (Å²) in [6.45, 7) is 1.70. The van der Waals surface area contributed by atoms with Crippen LogP contribution in [0, 0.1) is 5.92 Å². The second kappa shape index (κ2) is 6.40. The van der Waals surface area contributed by atoms with Crippen LogP contribution in [0.4, 0.5) is 10.5 Å². The van der Waals surface area contributed by atoms with Crippen molar-refractivity contribution in [3.05, 3.63) is 29.8 Å². The number of ether oxygens (including phenoxy) is 1. The van der Waals surface area contributed by atoms with Crippen LogP contribution >= 0.6 is 0 Å². The van der Waals surface area contributed by atoms with Gasteiger partial charge in [-0.05, 0) is 50.3 Å². The number of nitrogens with zero attached hydrogens (tertiary/aromatic N) is 1. The standard InChI is InChI=1S/C17H21N3O3/c1-10-14(16(21)23-13-4-2-3-5-13)15(20-17(22)19-10)11-6-8-12(18)9-7-11/h6-9,13-15H,2-5,18H2,1H3,(H,20,22). The van der Waals surface area contributed by atoms with Gasteiger partial charge in [-0.15, -0.1) is 0 Å². The van der Waals surface area contributed by atoms with Gasteiger partial charge in [-0.25, -0.2) is 9.79 Å². The average Bonchev–Trinajstić information content (AvgIpc) is 3.00. The van der Waals surface area contributed by atoms with E-state index in [2.05, 4.69) is 10.3 Å². The highest BCUT2D eigenvalue weighted by atomic mass is 16.5. The summed E-state index contributed by atoms with van der Waals surface area (Å²) in [5.41, 5.74) is 7.64. The van der Waals surface area contributed by atoms with Crippen molar-refractivity contribution >= 4 is 23.4 Å². The molecule has 0 bridgehead atoms. The number of esters is 1. The number of benzene rings is 1. The molecule has 2 amide bonds. The first-order valence-electron chi connectivity index (χ1n) is 7.96. The van der Waals surface area contributed by atoms with Crippen LogP contribution in [-0.2, 0) is 9.53 Å². The third kappa shape index (κ3) is 3.36. The Morgan fingerprint density at radius 3 is 2.57 bits per heavy atom. The van der Waals surface area contributed by atoms with Crippen LogP contribution in [0.5, 0.6) is 0 Å². The van der Waals surface area contributed by atoms with Crippen molar-refractivity contribution in [3.63, 3.8) is 0 Å². The van der Waals surface area contributed by atoms with Crippen LogP contribution in [0.1, 0.15) is 44.2 Å². The van der Waals surface area contributed by atoms with Gasteiger partial charge in [-0.1, -0.05) is 12.1 Å². The molecule has 1 fully saturated rings. The molecule has 1 aliphatic carbocycles. The molecule has 23 heavy (non-hydrogen) atoms. The number of carbonyl (C=O) groups is 2. The van der Waals surface area contributed by atoms with Gasteiger partial charge in [0.2, 0.25) is 0 Å². The first kappa shape index (κ1) is 15.5. The summed E-state index contributed by atoms with van der Waals surface area (Å²) in [6.07, 6.45) is 3.99. The molecular formula is C17H21N3O3. The quantitative estimate of drug-likeness (QED) is 0.662. The van der Waals surface area contributed by atoms with Crippen molar-refractivity contribution in [2.24, 2.45) is 10.9 Å². The van der Waals surface area contributed by atoms with Gasteiger partial charge >= 0.3 is 12.0 Å². The predicted octanol–water partition coefficient (Wildman–Crippen LogP) is 2.60. The molecule has 0 aromatic heterocycles. The highest BCUT2D eigenvalue weighted by Crippen LogP contribution is 2.30. The van der Waals surface area contributed by atoms with Crippen molar-refractivity contribution in [2.75, 3.05) is 5.73 Å². The zero-order chi connectivity index (χ0) is 16.4. The van der Waals surface area contributed by atoms with E-state index in [0.29, 0.717) is 11.4 Å². The number of urea groups is 1. The maximum atomic E-state index is 12.6. The molecule has 1 aromatic rings. The van der Waals surface area contributed by atoms with Gasteiger partial charge < -0.3 is 15.8 Å². The molecule has 1 heterocycles. The van der Waals surface area contributed by atoms with E-state index in [1.54, 1.807) is 19.1 Å². The van der Waals surface area contributed by atoms with Crippen molar-refractivity contribution in [2.45, 2.75) is 44.8 Å². The fourth-order valence-corrected chi connectivity index (χ4v) is 3.25. The van der Waals surface area contributed by atoms with Crippen LogP contribution in [0.15, 0.2) is 29.3 Å². The van der Waals surface area contributed by atoms with Crippen LogP contribution in [0.2, 0.25) is 0 Å². The summed E-state index contributed by atoms with van der Waals surface area (Å²) in [5, 5.41) is 2.77. The van der Waals surface area contributed by atoms with Crippen molar-refractivity contribution < 1.29 is 14.3 Å². The number of hydrogen-bond donors (Lipinski definition) is 2. The van der Waals surface area contributed by atoms with Gasteiger partial charge in [0.15, 0.2) is 0 Å². The summed E-state index contributed by atoms with van der Waals surface area (Å²) < 4.78 is 5.64. The third-order valence-electron chi connectivity index (χ3n) is 4.47. The van der Waals surface area contributed by atoms with Gasteiger partial charge in [0, 0.05) is 11.4 Å². The molecule has 2 unspecified atom stereocenters. The van der Waals surface area contributed by atoms with E-state index >= 15 is 0 Å². The van der Waals surface area contributed by atoms with Gasteiger partial charge in [0.1, 0.15) is 12.0 Å². The molecule has 1 saturated carbocycles. The van der Waals surface area contributed by atoms with Gasteiger partial charge in [0.25, 0.3) is 0 Å². The monoisotopic (exact) mass is 315 g/mol. The lowest BCUT2D eigenvalue weighted by Gasteiger charge is -2.30. The van der Waals surface area contributed by atoms with E-state index in [9.17, 15) is 9.59 Å². The number of aliphatic imine (C=N–C) groups is 1. The highest BCUT2D eigenvalue weighted by Gasteiger charge is 2.39. The Hall–Kier alpha value is -2.37. The SMILES string of the molecule is CC1=NC(=O)NC(c2ccc(N)cc2)C1C(=O)OC1CCCC1. The van der Waals surface area contributed by atoms with Gasteiger partial charge in [-0.2, -0.15) is 0 Å². The number of nitrogen functional groups attached to an aromatic ring is 1. The van der Waals surface area contributed by atoms with Crippen LogP contribution < -0.4 is 11.1 Å². The van der Waals surface area contributed by atoms with E-state index in [1.807, 2.05) is 12.1 Å². The Morgan fingerprint density at radius 2 is 1.91 bits per heavy atom. The van der Waals surface area contributed by atoms with Crippen LogP contribution in [0.3, 0.4) is 0 Å². The minimum atomic E-state index is -0.600. The highest BCUT2D eigenvalue weighted by molar-refractivity contribution is 6.08. The predicted molar refractivity (Wildman–Crippen MR) is 87.1 cm³/mol. The maximum Gasteiger partial charge on any atom is 0.341 e. The summed E-state index contributed by atoms with van der Waals surface area (Å²) >= 11 is 0. The maximum absolute atomic E-state index is 12.6. The summed E-state index contributed by atoms with van der Waals surface area (Å²) in [7, 11) is 0. The molecule has 1 aliphatic heterocycles. The van der Waals surface area contributed by atoms with E-state index in [1.165, 1.54) is 0 Å². The molecule has 122 valence electrons. The molecule has 6 heteroatoms. The van der Waals surface area contributed by atoms with Crippen molar-refractivity contribution in [1.29, 1.82) is 0 Å². The zero-order valence-electron chi connectivity index (χ0n) is 13.1. The molecule has 0 radical (unpaired) electrons. The number of amides is 2. The lowest BCUT2D eigenvalue weighted by atomic mass is 9.88. The van der Waals surface area contributed by atoms with Crippen LogP contribution in [-0.4, -0.2) is 23.8 Å². The second-order valence-corrected chi connectivity index (χ2v) is 6.17. The van der Waals surface area contributed by atoms with E-state index < -0.39 is 18.0 Å². The van der Waals surface area contributed by atoms with Gasteiger partial charge in [0.05, 0.1) is 6.04 Å². The van der Waals surface area contributed by atoms with Gasteiger partial charge in [-0.3, -0.25) is 4.79 Å². The lowest BCUT2D eigenvalue weighted by molar-refractivity contribution is -0.152. The normalized spacial score (nSPS) is 24.9. The molecular weight excluding hydrogens is 294 g/mol. The number of hydrogen-bond acceptors (Lipinski definition) is 4. The van der Waals surface area contributed by atoms with E-state index in [4.69, 9.17) is 10.5 Å². The van der Waals surface area contributed by atoms with E-state index in [-0.39, 0.29) is 12.1 Å². The van der Waals surface area contributed by atoms with Crippen LogP contribution in [0.25, 0.3) is 0 Å². The summed E-state index contributed by atoms with van der Waals surface area (Å²) in [5.74, 6) is -0.920. The summed E-state index contributed by atoms with van der Waals surface area (Å²) in [4.78, 5) is 28.3. The fraction of sp³-hybridized carbons (Fsp3) is 0.471. The molecule has 2 aliphatic rings.